The van der Waals surface area contributed by atoms with Gasteiger partial charge in [-0.1, -0.05) is 43.5 Å². The number of amidine groups is 1. The number of sulfonamides is 1. The number of carbonyl (C=O) groups excluding carboxylic acids is 1. The van der Waals surface area contributed by atoms with E-state index in [2.05, 4.69) is 15.3 Å². The number of nitrogens with zero attached hydrogens (tertiary/aromatic N) is 3. The molecule has 2 aromatic rings. The zero-order chi connectivity index (χ0) is 23.1. The number of amides is 1. The molecule has 0 saturated heterocycles. The van der Waals surface area contributed by atoms with Gasteiger partial charge in [0.1, 0.15) is 5.84 Å². The minimum Gasteiger partial charge on any atom is -0.314 e. The molecule has 1 fully saturated rings. The van der Waals surface area contributed by atoms with Gasteiger partial charge < -0.3 is 5.32 Å². The van der Waals surface area contributed by atoms with Crippen LogP contribution in [0.25, 0.3) is 17.0 Å². The lowest BCUT2D eigenvalue weighted by atomic mass is 9.88. The normalized spacial score (nSPS) is 20.4. The summed E-state index contributed by atoms with van der Waals surface area (Å²) in [6.07, 6.45) is 10.4. The van der Waals surface area contributed by atoms with E-state index in [0.717, 1.165) is 35.1 Å². The van der Waals surface area contributed by atoms with Crippen molar-refractivity contribution in [3.05, 3.63) is 47.5 Å². The van der Waals surface area contributed by atoms with Crippen LogP contribution in [-0.4, -0.2) is 49.1 Å². The van der Waals surface area contributed by atoms with Gasteiger partial charge in [0.05, 0.1) is 5.52 Å². The minimum absolute atomic E-state index is 0.0732. The highest BCUT2D eigenvalue weighted by Gasteiger charge is 2.23. The van der Waals surface area contributed by atoms with E-state index in [0.29, 0.717) is 38.4 Å². The second-order valence-corrected chi connectivity index (χ2v) is 10.6. The Labute approximate surface area is 196 Å². The van der Waals surface area contributed by atoms with Crippen molar-refractivity contribution in [3.8, 4) is 0 Å². The largest absolute Gasteiger partial charge is 0.314 e. The topological polar surface area (TPSA) is 91.7 Å². The van der Waals surface area contributed by atoms with Gasteiger partial charge in [0.2, 0.25) is 15.9 Å². The van der Waals surface area contributed by atoms with Crippen LogP contribution in [0.4, 0.5) is 0 Å². The van der Waals surface area contributed by atoms with E-state index < -0.39 is 10.0 Å². The molecule has 1 aromatic carbocycles. The molecule has 2 heterocycles. The molecule has 2 aliphatic rings. The van der Waals surface area contributed by atoms with Crippen molar-refractivity contribution in [2.45, 2.75) is 51.4 Å². The lowest BCUT2D eigenvalue weighted by Gasteiger charge is -2.23. The van der Waals surface area contributed by atoms with Crippen LogP contribution in [0.1, 0.15) is 56.9 Å². The maximum atomic E-state index is 13.1. The van der Waals surface area contributed by atoms with E-state index in [9.17, 15) is 13.2 Å². The molecule has 1 saturated carbocycles. The molecule has 0 unspecified atom stereocenters. The maximum absolute atomic E-state index is 13.1. The van der Waals surface area contributed by atoms with Crippen molar-refractivity contribution in [3.63, 3.8) is 0 Å². The standard InChI is InChI=1S/C25H32N4O3S/c30-23-13-6-17-29(18-7-16-27-25(28-23)22-8-2-1-3-9-22)33(31,32)19-14-21-11-4-10-20-12-5-15-26-24(20)21/h4-5,10-12,14-15,19,22H,1-3,6-9,13,16-18H2,(H,27,28,30)/b19-14+. The number of para-hydroxylation sites is 1. The SMILES string of the molecule is O=C1CCCN(S(=O)(=O)/C=C/c2cccc3cccnc23)CCCN=C(C2CCCCC2)N1. The number of carbonyl (C=O) groups is 1. The summed E-state index contributed by atoms with van der Waals surface area (Å²) in [4.78, 5) is 21.5. The van der Waals surface area contributed by atoms with E-state index >= 15 is 0 Å². The van der Waals surface area contributed by atoms with Crippen LogP contribution in [0, 0.1) is 5.92 Å². The lowest BCUT2D eigenvalue weighted by Crippen LogP contribution is -2.37. The summed E-state index contributed by atoms with van der Waals surface area (Å²) in [6, 6.07) is 9.52. The Bertz CT molecular complexity index is 1130. The van der Waals surface area contributed by atoms with Crippen LogP contribution >= 0.6 is 0 Å². The summed E-state index contributed by atoms with van der Waals surface area (Å²) in [7, 11) is -3.64. The summed E-state index contributed by atoms with van der Waals surface area (Å²) < 4.78 is 27.7. The van der Waals surface area contributed by atoms with Crippen molar-refractivity contribution >= 4 is 38.7 Å². The van der Waals surface area contributed by atoms with Crippen molar-refractivity contribution < 1.29 is 13.2 Å². The monoisotopic (exact) mass is 468 g/mol. The number of aliphatic imine (C=N–C) groups is 1. The lowest BCUT2D eigenvalue weighted by molar-refractivity contribution is -0.119. The zero-order valence-electron chi connectivity index (χ0n) is 18.9. The molecule has 0 atom stereocenters. The van der Waals surface area contributed by atoms with E-state index in [1.54, 1.807) is 12.3 Å². The van der Waals surface area contributed by atoms with E-state index in [1.807, 2.05) is 30.3 Å². The number of hydrogen-bond donors (Lipinski definition) is 1. The maximum Gasteiger partial charge on any atom is 0.236 e. The number of nitrogens with one attached hydrogen (secondary N) is 1. The second kappa shape index (κ2) is 11.0. The summed E-state index contributed by atoms with van der Waals surface area (Å²) in [5.74, 6) is 1.05. The molecule has 7 nitrogen and oxygen atoms in total. The van der Waals surface area contributed by atoms with Gasteiger partial charge in [0, 0.05) is 54.5 Å². The third-order valence-electron chi connectivity index (χ3n) is 6.36. The third kappa shape index (κ3) is 6.26. The quantitative estimate of drug-likeness (QED) is 0.731. The van der Waals surface area contributed by atoms with Gasteiger partial charge in [-0.05, 0) is 37.8 Å². The average molecular weight is 469 g/mol. The molecule has 33 heavy (non-hydrogen) atoms. The highest BCUT2D eigenvalue weighted by Crippen LogP contribution is 2.25. The number of aromatic nitrogens is 1. The molecular weight excluding hydrogens is 436 g/mol. The van der Waals surface area contributed by atoms with Crippen LogP contribution in [-0.2, 0) is 14.8 Å². The third-order valence-corrected chi connectivity index (χ3v) is 7.93. The second-order valence-electron chi connectivity index (χ2n) is 8.78. The molecular formula is C25H32N4O3S. The van der Waals surface area contributed by atoms with Crippen molar-refractivity contribution in [1.82, 2.24) is 14.6 Å². The highest BCUT2D eigenvalue weighted by molar-refractivity contribution is 7.92. The van der Waals surface area contributed by atoms with E-state index in [4.69, 9.17) is 0 Å². The summed E-state index contributed by atoms with van der Waals surface area (Å²) in [6.45, 7) is 1.21. The van der Waals surface area contributed by atoms with Crippen LogP contribution in [0.5, 0.6) is 0 Å². The fourth-order valence-corrected chi connectivity index (χ4v) is 5.85. The molecule has 0 radical (unpaired) electrons. The predicted molar refractivity (Wildman–Crippen MR) is 132 cm³/mol. The number of rotatable bonds is 4. The van der Waals surface area contributed by atoms with Gasteiger partial charge in [-0.3, -0.25) is 14.8 Å². The molecule has 176 valence electrons. The number of benzene rings is 1. The van der Waals surface area contributed by atoms with Crippen molar-refractivity contribution in [1.29, 1.82) is 0 Å². The molecule has 0 bridgehead atoms. The Hall–Kier alpha value is -2.58. The Kier molecular flexibility index (Phi) is 7.88. The summed E-state index contributed by atoms with van der Waals surface area (Å²) in [5.41, 5.74) is 1.53. The molecule has 1 aliphatic heterocycles. The van der Waals surface area contributed by atoms with Crippen LogP contribution in [0.15, 0.2) is 46.9 Å². The van der Waals surface area contributed by atoms with Gasteiger partial charge >= 0.3 is 0 Å². The van der Waals surface area contributed by atoms with Gasteiger partial charge in [-0.2, -0.15) is 4.31 Å². The van der Waals surface area contributed by atoms with Crippen LogP contribution in [0.2, 0.25) is 0 Å². The average Bonchev–Trinajstić information content (AvgIpc) is 2.88. The molecule has 0 spiro atoms. The van der Waals surface area contributed by atoms with Gasteiger partial charge in [-0.25, -0.2) is 8.42 Å². The van der Waals surface area contributed by atoms with Crippen molar-refractivity contribution in [2.75, 3.05) is 19.6 Å². The molecule has 1 N–H and O–H groups in total. The van der Waals surface area contributed by atoms with E-state index in [-0.39, 0.29) is 12.3 Å². The van der Waals surface area contributed by atoms with Crippen molar-refractivity contribution in [2.24, 2.45) is 10.9 Å². The van der Waals surface area contributed by atoms with Gasteiger partial charge in [0.25, 0.3) is 0 Å². The summed E-state index contributed by atoms with van der Waals surface area (Å²) in [5, 5.41) is 5.24. The van der Waals surface area contributed by atoms with E-state index in [1.165, 1.54) is 29.0 Å². The minimum atomic E-state index is -3.64. The van der Waals surface area contributed by atoms with Gasteiger partial charge in [0.15, 0.2) is 0 Å². The Morgan fingerprint density at radius 3 is 2.64 bits per heavy atom. The highest BCUT2D eigenvalue weighted by atomic mass is 32.2. The van der Waals surface area contributed by atoms with Crippen LogP contribution < -0.4 is 5.32 Å². The Morgan fingerprint density at radius 2 is 1.79 bits per heavy atom. The molecule has 1 aliphatic carbocycles. The van der Waals surface area contributed by atoms with Crippen LogP contribution in [0.3, 0.4) is 0 Å². The number of fused-ring (bicyclic) bond motifs is 1. The Morgan fingerprint density at radius 1 is 1.00 bits per heavy atom. The van der Waals surface area contributed by atoms with Gasteiger partial charge in [-0.15, -0.1) is 0 Å². The Balaban J connectivity index is 1.48. The first-order chi connectivity index (χ1) is 16.0. The zero-order valence-corrected chi connectivity index (χ0v) is 19.8. The number of pyridine rings is 1. The predicted octanol–water partition coefficient (Wildman–Crippen LogP) is 4.12. The molecule has 4 rings (SSSR count). The summed E-state index contributed by atoms with van der Waals surface area (Å²) >= 11 is 0. The smallest absolute Gasteiger partial charge is 0.236 e. The fourth-order valence-electron chi connectivity index (χ4n) is 4.59. The molecule has 8 heteroatoms. The first-order valence-corrected chi connectivity index (χ1v) is 13.4. The number of hydrogen-bond acceptors (Lipinski definition) is 5. The first-order valence-electron chi connectivity index (χ1n) is 11.9. The molecule has 1 amide bonds. The fraction of sp³-hybridized carbons (Fsp3) is 0.480. The first kappa shape index (κ1) is 23.6. The molecule has 1 aromatic heterocycles.